The van der Waals surface area contributed by atoms with E-state index in [1.54, 1.807) is 11.8 Å². The van der Waals surface area contributed by atoms with Gasteiger partial charge in [-0.15, -0.1) is 0 Å². The minimum Gasteiger partial charge on any atom is -0.339 e. The highest BCUT2D eigenvalue weighted by atomic mass is 32.2. The number of thioether (sulfide) groups is 1. The molecule has 4 rings (SSSR count). The Morgan fingerprint density at radius 1 is 1.11 bits per heavy atom. The molecule has 0 saturated carbocycles. The second-order valence-corrected chi connectivity index (χ2v) is 8.12. The van der Waals surface area contributed by atoms with E-state index in [1.165, 1.54) is 12.0 Å². The number of piperidine rings is 1. The number of hydrogen-bond acceptors (Lipinski definition) is 3. The predicted octanol–water partition coefficient (Wildman–Crippen LogP) is 4.58. The third-order valence-electron chi connectivity index (χ3n) is 5.25. The zero-order valence-electron chi connectivity index (χ0n) is 15.7. The van der Waals surface area contributed by atoms with Gasteiger partial charge in [0.25, 0.3) is 0 Å². The molecule has 140 valence electrons. The van der Waals surface area contributed by atoms with Gasteiger partial charge in [-0.2, -0.15) is 0 Å². The first kappa shape index (κ1) is 18.1. The average molecular weight is 380 g/mol. The molecule has 1 fully saturated rings. The van der Waals surface area contributed by atoms with Gasteiger partial charge in [0.1, 0.15) is 0 Å². The minimum absolute atomic E-state index is 0.227. The lowest BCUT2D eigenvalue weighted by Crippen LogP contribution is -2.43. The van der Waals surface area contributed by atoms with Crippen molar-refractivity contribution in [3.05, 3.63) is 60.2 Å². The summed E-state index contributed by atoms with van der Waals surface area (Å²) in [4.78, 5) is 19.6. The monoisotopic (exact) mass is 379 g/mol. The molecule has 1 atom stereocenters. The first-order valence-corrected chi connectivity index (χ1v) is 10.6. The quantitative estimate of drug-likeness (QED) is 0.609. The number of para-hydroxylation sites is 2. The van der Waals surface area contributed by atoms with Gasteiger partial charge in [0.15, 0.2) is 5.16 Å². The number of carbonyl (C=O) groups is 1. The van der Waals surface area contributed by atoms with E-state index in [-0.39, 0.29) is 5.91 Å². The average Bonchev–Trinajstić information content (AvgIpc) is 3.05. The normalized spacial score (nSPS) is 17.4. The van der Waals surface area contributed by atoms with Crippen LogP contribution in [0.15, 0.2) is 59.8 Å². The van der Waals surface area contributed by atoms with E-state index in [2.05, 4.69) is 41.8 Å². The summed E-state index contributed by atoms with van der Waals surface area (Å²) in [6.45, 7) is 3.81. The Hall–Kier alpha value is -2.27. The van der Waals surface area contributed by atoms with E-state index in [0.717, 1.165) is 42.1 Å². The third kappa shape index (κ3) is 4.03. The summed E-state index contributed by atoms with van der Waals surface area (Å²) in [7, 11) is 0. The van der Waals surface area contributed by atoms with Crippen molar-refractivity contribution in [2.75, 3.05) is 12.3 Å². The summed E-state index contributed by atoms with van der Waals surface area (Å²) < 4.78 is 2.22. The standard InChI is InChI=1S/C22H25N3OS/c1-17-9-7-8-14-24(17)21(26)16-27-22-23-19-12-5-6-13-20(19)25(22)15-18-10-3-2-4-11-18/h2-6,10-13,17H,7-9,14-16H2,1H3. The number of fused-ring (bicyclic) bond motifs is 1. The number of rotatable bonds is 5. The number of imidazole rings is 1. The highest BCUT2D eigenvalue weighted by Crippen LogP contribution is 2.26. The van der Waals surface area contributed by atoms with Crippen LogP contribution in [0.25, 0.3) is 11.0 Å². The fourth-order valence-corrected chi connectivity index (χ4v) is 4.66. The zero-order chi connectivity index (χ0) is 18.6. The summed E-state index contributed by atoms with van der Waals surface area (Å²) in [5, 5.41) is 0.915. The van der Waals surface area contributed by atoms with Crippen molar-refractivity contribution in [3.8, 4) is 0 Å². The lowest BCUT2D eigenvalue weighted by molar-refractivity contribution is -0.131. The molecule has 4 nitrogen and oxygen atoms in total. The Balaban J connectivity index is 1.55. The molecule has 3 aromatic rings. The summed E-state index contributed by atoms with van der Waals surface area (Å²) >= 11 is 1.56. The molecule has 27 heavy (non-hydrogen) atoms. The van der Waals surface area contributed by atoms with Crippen molar-refractivity contribution in [1.82, 2.24) is 14.5 Å². The van der Waals surface area contributed by atoms with E-state index in [1.807, 2.05) is 29.2 Å². The van der Waals surface area contributed by atoms with Crippen LogP contribution in [0, 0.1) is 0 Å². The molecule has 2 heterocycles. The predicted molar refractivity (Wildman–Crippen MR) is 111 cm³/mol. The fourth-order valence-electron chi connectivity index (χ4n) is 3.76. The van der Waals surface area contributed by atoms with Crippen LogP contribution in [0.2, 0.25) is 0 Å². The lowest BCUT2D eigenvalue weighted by atomic mass is 10.0. The van der Waals surface area contributed by atoms with Gasteiger partial charge >= 0.3 is 0 Å². The molecule has 0 N–H and O–H groups in total. The third-order valence-corrected chi connectivity index (χ3v) is 6.21. The number of amides is 1. The van der Waals surface area contributed by atoms with Gasteiger partial charge in [-0.05, 0) is 43.9 Å². The maximum atomic E-state index is 12.7. The topological polar surface area (TPSA) is 38.1 Å². The molecule has 1 amide bonds. The van der Waals surface area contributed by atoms with Crippen LogP contribution in [0.4, 0.5) is 0 Å². The fraction of sp³-hybridized carbons (Fsp3) is 0.364. The second-order valence-electron chi connectivity index (χ2n) is 7.18. The summed E-state index contributed by atoms with van der Waals surface area (Å²) in [5.74, 6) is 0.674. The second kappa shape index (κ2) is 8.17. The largest absolute Gasteiger partial charge is 0.339 e. The van der Waals surface area contributed by atoms with Gasteiger partial charge in [0.2, 0.25) is 5.91 Å². The van der Waals surface area contributed by atoms with E-state index < -0.39 is 0 Å². The number of nitrogens with zero attached hydrogens (tertiary/aromatic N) is 3. The van der Waals surface area contributed by atoms with Gasteiger partial charge in [-0.25, -0.2) is 4.98 Å². The zero-order valence-corrected chi connectivity index (χ0v) is 16.5. The van der Waals surface area contributed by atoms with Crippen molar-refractivity contribution in [3.63, 3.8) is 0 Å². The SMILES string of the molecule is CC1CCCCN1C(=O)CSc1nc2ccccc2n1Cc1ccccc1. The number of benzene rings is 2. The molecular formula is C22H25N3OS. The van der Waals surface area contributed by atoms with Crippen LogP contribution in [0.1, 0.15) is 31.7 Å². The Labute approximate surface area is 164 Å². The lowest BCUT2D eigenvalue weighted by Gasteiger charge is -2.33. The van der Waals surface area contributed by atoms with Gasteiger partial charge in [0, 0.05) is 12.6 Å². The van der Waals surface area contributed by atoms with Crippen LogP contribution in [-0.2, 0) is 11.3 Å². The van der Waals surface area contributed by atoms with Crippen molar-refractivity contribution in [2.45, 2.75) is 43.9 Å². The number of hydrogen-bond donors (Lipinski definition) is 0. The number of carbonyl (C=O) groups excluding carboxylic acids is 1. The summed E-state index contributed by atoms with van der Waals surface area (Å²) in [6.07, 6.45) is 3.46. The number of aromatic nitrogens is 2. The van der Waals surface area contributed by atoms with E-state index in [0.29, 0.717) is 11.8 Å². The van der Waals surface area contributed by atoms with E-state index in [9.17, 15) is 4.79 Å². The molecule has 1 saturated heterocycles. The van der Waals surface area contributed by atoms with Gasteiger partial charge in [0.05, 0.1) is 23.3 Å². The minimum atomic E-state index is 0.227. The smallest absolute Gasteiger partial charge is 0.233 e. The Bertz CT molecular complexity index is 922. The van der Waals surface area contributed by atoms with Gasteiger partial charge < -0.3 is 9.47 Å². The highest BCUT2D eigenvalue weighted by molar-refractivity contribution is 7.99. The van der Waals surface area contributed by atoms with Crippen molar-refractivity contribution in [2.24, 2.45) is 0 Å². The molecule has 5 heteroatoms. The molecule has 1 aromatic heterocycles. The molecule has 0 bridgehead atoms. The van der Waals surface area contributed by atoms with E-state index >= 15 is 0 Å². The first-order chi connectivity index (χ1) is 13.2. The molecule has 0 spiro atoms. The summed E-state index contributed by atoms with van der Waals surface area (Å²) in [6, 6.07) is 19.0. The van der Waals surface area contributed by atoms with Crippen LogP contribution >= 0.6 is 11.8 Å². The molecule has 2 aromatic carbocycles. The Morgan fingerprint density at radius 3 is 2.70 bits per heavy atom. The van der Waals surface area contributed by atoms with Crippen molar-refractivity contribution in [1.29, 1.82) is 0 Å². The Kier molecular flexibility index (Phi) is 5.48. The first-order valence-electron chi connectivity index (χ1n) is 9.64. The molecule has 1 unspecified atom stereocenters. The molecule has 0 radical (unpaired) electrons. The van der Waals surface area contributed by atoms with Crippen LogP contribution in [-0.4, -0.2) is 38.7 Å². The molecular weight excluding hydrogens is 354 g/mol. The number of likely N-dealkylation sites (tertiary alicyclic amines) is 1. The highest BCUT2D eigenvalue weighted by Gasteiger charge is 2.23. The van der Waals surface area contributed by atoms with Crippen LogP contribution < -0.4 is 0 Å². The van der Waals surface area contributed by atoms with Crippen molar-refractivity contribution < 1.29 is 4.79 Å². The van der Waals surface area contributed by atoms with E-state index in [4.69, 9.17) is 4.98 Å². The van der Waals surface area contributed by atoms with Crippen LogP contribution in [0.3, 0.4) is 0 Å². The van der Waals surface area contributed by atoms with Crippen LogP contribution in [0.5, 0.6) is 0 Å². The van der Waals surface area contributed by atoms with Gasteiger partial charge in [-0.3, -0.25) is 4.79 Å². The maximum absolute atomic E-state index is 12.7. The molecule has 0 aliphatic carbocycles. The molecule has 1 aliphatic heterocycles. The molecule has 1 aliphatic rings. The summed E-state index contributed by atoms with van der Waals surface area (Å²) in [5.41, 5.74) is 3.33. The van der Waals surface area contributed by atoms with Crippen molar-refractivity contribution >= 4 is 28.7 Å². The maximum Gasteiger partial charge on any atom is 0.233 e. The van der Waals surface area contributed by atoms with Gasteiger partial charge in [-0.1, -0.05) is 54.2 Å². The Morgan fingerprint density at radius 2 is 1.89 bits per heavy atom.